The van der Waals surface area contributed by atoms with Crippen LogP contribution in [0.4, 0.5) is 0 Å². The van der Waals surface area contributed by atoms with Crippen LogP contribution in [0.3, 0.4) is 0 Å². The highest BCUT2D eigenvalue weighted by Crippen LogP contribution is 2.19. The molecule has 6 nitrogen and oxygen atoms in total. The molecule has 1 amide bonds. The summed E-state index contributed by atoms with van der Waals surface area (Å²) in [6.07, 6.45) is 1.91. The number of hydrogen-bond donors (Lipinski definition) is 0. The summed E-state index contributed by atoms with van der Waals surface area (Å²) in [7, 11) is 3.32. The van der Waals surface area contributed by atoms with Gasteiger partial charge in [-0.2, -0.15) is 9.78 Å². The molecular weight excluding hydrogens is 342 g/mol. The third kappa shape index (κ3) is 3.69. The van der Waals surface area contributed by atoms with E-state index < -0.39 is 0 Å². The smallest absolute Gasteiger partial charge is 0.279 e. The number of nitrogens with zero attached hydrogens (tertiary/aromatic N) is 3. The molecule has 0 fully saturated rings. The lowest BCUT2D eigenvalue weighted by Crippen LogP contribution is -2.32. The van der Waals surface area contributed by atoms with E-state index in [0.29, 0.717) is 28.8 Å². The number of ether oxygens (including phenoxy) is 1. The first-order chi connectivity index (χ1) is 13.1. The minimum atomic E-state index is -0.272. The van der Waals surface area contributed by atoms with Crippen LogP contribution in [0.2, 0.25) is 0 Å². The molecule has 3 aromatic rings. The topological polar surface area (TPSA) is 64.4 Å². The molecule has 1 aromatic heterocycles. The average molecular weight is 365 g/mol. The lowest BCUT2D eigenvalue weighted by Gasteiger charge is -2.18. The SMILES string of the molecule is CCCCN(C)C(=O)c1nn(-c2cccc(OC)c2)c(=O)c2ccccc12. The lowest BCUT2D eigenvalue weighted by atomic mass is 10.1. The van der Waals surface area contributed by atoms with Gasteiger partial charge in [0.2, 0.25) is 0 Å². The molecule has 0 atom stereocenters. The zero-order valence-electron chi connectivity index (χ0n) is 15.8. The van der Waals surface area contributed by atoms with Gasteiger partial charge in [-0.3, -0.25) is 9.59 Å². The van der Waals surface area contributed by atoms with Crippen molar-refractivity contribution in [1.29, 1.82) is 0 Å². The van der Waals surface area contributed by atoms with Crippen LogP contribution < -0.4 is 10.3 Å². The van der Waals surface area contributed by atoms with Crippen molar-refractivity contribution in [3.63, 3.8) is 0 Å². The van der Waals surface area contributed by atoms with Crippen LogP contribution in [0.1, 0.15) is 30.3 Å². The Balaban J connectivity index is 2.20. The molecule has 2 aromatic carbocycles. The minimum absolute atomic E-state index is 0.198. The first-order valence-electron chi connectivity index (χ1n) is 8.98. The number of hydrogen-bond acceptors (Lipinski definition) is 4. The maximum absolute atomic E-state index is 13.0. The van der Waals surface area contributed by atoms with E-state index in [2.05, 4.69) is 12.0 Å². The molecule has 0 radical (unpaired) electrons. The van der Waals surface area contributed by atoms with Crippen molar-refractivity contribution in [3.8, 4) is 11.4 Å². The predicted octanol–water partition coefficient (Wildman–Crippen LogP) is 3.27. The van der Waals surface area contributed by atoms with Crippen molar-refractivity contribution in [2.75, 3.05) is 20.7 Å². The second kappa shape index (κ2) is 8.03. The Morgan fingerprint density at radius 1 is 1.15 bits per heavy atom. The van der Waals surface area contributed by atoms with Gasteiger partial charge in [0, 0.05) is 25.0 Å². The number of amides is 1. The first kappa shape index (κ1) is 18.6. The molecule has 140 valence electrons. The van der Waals surface area contributed by atoms with Gasteiger partial charge < -0.3 is 9.64 Å². The summed E-state index contributed by atoms with van der Waals surface area (Å²) in [6, 6.07) is 14.1. The largest absolute Gasteiger partial charge is 0.497 e. The Kier molecular flexibility index (Phi) is 5.54. The molecule has 0 N–H and O–H groups in total. The number of fused-ring (bicyclic) bond motifs is 1. The Bertz CT molecular complexity index is 1030. The molecule has 0 aliphatic heterocycles. The van der Waals surface area contributed by atoms with Gasteiger partial charge in [0.05, 0.1) is 18.2 Å². The molecule has 0 bridgehead atoms. The molecule has 6 heteroatoms. The van der Waals surface area contributed by atoms with Gasteiger partial charge in [-0.1, -0.05) is 37.6 Å². The number of carbonyl (C=O) groups excluding carboxylic acids is 1. The van der Waals surface area contributed by atoms with E-state index in [1.807, 2.05) is 6.07 Å². The van der Waals surface area contributed by atoms with Gasteiger partial charge >= 0.3 is 0 Å². The summed E-state index contributed by atoms with van der Waals surface area (Å²) >= 11 is 0. The maximum atomic E-state index is 13.0. The second-order valence-electron chi connectivity index (χ2n) is 6.39. The number of aromatic nitrogens is 2. The number of rotatable bonds is 6. The molecule has 3 rings (SSSR count). The predicted molar refractivity (Wildman–Crippen MR) is 106 cm³/mol. The highest BCUT2D eigenvalue weighted by Gasteiger charge is 2.20. The monoisotopic (exact) mass is 365 g/mol. The van der Waals surface area contributed by atoms with Crippen molar-refractivity contribution in [2.24, 2.45) is 0 Å². The van der Waals surface area contributed by atoms with Gasteiger partial charge in [0.1, 0.15) is 5.75 Å². The molecule has 1 heterocycles. The fourth-order valence-corrected chi connectivity index (χ4v) is 2.94. The second-order valence-corrected chi connectivity index (χ2v) is 6.39. The highest BCUT2D eigenvalue weighted by molar-refractivity contribution is 6.04. The van der Waals surface area contributed by atoms with Crippen molar-refractivity contribution in [3.05, 3.63) is 64.6 Å². The van der Waals surface area contributed by atoms with E-state index in [4.69, 9.17) is 4.74 Å². The molecule has 0 saturated carbocycles. The van der Waals surface area contributed by atoms with Gasteiger partial charge in [-0.05, 0) is 24.6 Å². The molecule has 0 aliphatic carbocycles. The van der Waals surface area contributed by atoms with E-state index in [9.17, 15) is 9.59 Å². The molecule has 0 saturated heterocycles. The Labute approximate surface area is 158 Å². The van der Waals surface area contributed by atoms with E-state index in [-0.39, 0.29) is 17.2 Å². The Morgan fingerprint density at radius 2 is 1.89 bits per heavy atom. The normalized spacial score (nSPS) is 10.8. The minimum Gasteiger partial charge on any atom is -0.497 e. The summed E-state index contributed by atoms with van der Waals surface area (Å²) in [5.74, 6) is 0.415. The van der Waals surface area contributed by atoms with Crippen LogP contribution >= 0.6 is 0 Å². The quantitative estimate of drug-likeness (QED) is 0.672. The van der Waals surface area contributed by atoms with Gasteiger partial charge in [0.15, 0.2) is 5.69 Å². The summed E-state index contributed by atoms with van der Waals surface area (Å²) in [5, 5.41) is 5.46. The van der Waals surface area contributed by atoms with E-state index >= 15 is 0 Å². The van der Waals surface area contributed by atoms with Crippen molar-refractivity contribution >= 4 is 16.7 Å². The van der Waals surface area contributed by atoms with Gasteiger partial charge in [0.25, 0.3) is 11.5 Å². The van der Waals surface area contributed by atoms with Crippen LogP contribution in [-0.4, -0.2) is 41.3 Å². The Hall–Kier alpha value is -3.15. The lowest BCUT2D eigenvalue weighted by molar-refractivity contribution is 0.0788. The molecule has 0 unspecified atom stereocenters. The van der Waals surface area contributed by atoms with E-state index in [1.165, 1.54) is 4.68 Å². The zero-order valence-corrected chi connectivity index (χ0v) is 15.8. The zero-order chi connectivity index (χ0) is 19.4. The molecular formula is C21H23N3O3. The van der Waals surface area contributed by atoms with Crippen LogP contribution in [-0.2, 0) is 0 Å². The summed E-state index contributed by atoms with van der Waals surface area (Å²) in [4.78, 5) is 27.6. The fourth-order valence-electron chi connectivity index (χ4n) is 2.94. The average Bonchev–Trinajstić information content (AvgIpc) is 2.72. The van der Waals surface area contributed by atoms with Crippen LogP contribution in [0.5, 0.6) is 5.75 Å². The standard InChI is InChI=1S/C21H23N3O3/c1-4-5-13-23(2)21(26)19-17-11-6-7-12-18(17)20(25)24(22-19)15-9-8-10-16(14-15)27-3/h6-12,14H,4-5,13H2,1-3H3. The van der Waals surface area contributed by atoms with Gasteiger partial charge in [-0.15, -0.1) is 0 Å². The summed E-state index contributed by atoms with van der Waals surface area (Å²) in [5.41, 5.74) is 0.550. The number of carbonyl (C=O) groups is 1. The maximum Gasteiger partial charge on any atom is 0.279 e. The van der Waals surface area contributed by atoms with Crippen LogP contribution in [0.25, 0.3) is 16.5 Å². The van der Waals surface area contributed by atoms with Gasteiger partial charge in [-0.25, -0.2) is 0 Å². The number of benzene rings is 2. The summed E-state index contributed by atoms with van der Waals surface area (Å²) in [6.45, 7) is 2.72. The van der Waals surface area contributed by atoms with Crippen LogP contribution in [0.15, 0.2) is 53.3 Å². The highest BCUT2D eigenvalue weighted by atomic mass is 16.5. The molecule has 27 heavy (non-hydrogen) atoms. The van der Waals surface area contributed by atoms with E-state index in [1.54, 1.807) is 61.5 Å². The third-order valence-corrected chi connectivity index (χ3v) is 4.50. The van der Waals surface area contributed by atoms with Crippen molar-refractivity contribution in [1.82, 2.24) is 14.7 Å². The summed E-state index contributed by atoms with van der Waals surface area (Å²) < 4.78 is 6.52. The van der Waals surface area contributed by atoms with E-state index in [0.717, 1.165) is 12.8 Å². The van der Waals surface area contributed by atoms with Crippen molar-refractivity contribution < 1.29 is 9.53 Å². The molecule has 0 spiro atoms. The van der Waals surface area contributed by atoms with Crippen LogP contribution in [0, 0.1) is 0 Å². The molecule has 0 aliphatic rings. The first-order valence-corrected chi connectivity index (χ1v) is 8.98. The van der Waals surface area contributed by atoms with Crippen molar-refractivity contribution in [2.45, 2.75) is 19.8 Å². The number of unbranched alkanes of at least 4 members (excludes halogenated alkanes) is 1. The number of methoxy groups -OCH3 is 1. The third-order valence-electron chi connectivity index (χ3n) is 4.50. The fraction of sp³-hybridized carbons (Fsp3) is 0.286. The Morgan fingerprint density at radius 3 is 2.59 bits per heavy atom.